The fourth-order valence-corrected chi connectivity index (χ4v) is 2.17. The van der Waals surface area contributed by atoms with Gasteiger partial charge in [0.1, 0.15) is 5.82 Å². The maximum Gasteiger partial charge on any atom is 0.315 e. The van der Waals surface area contributed by atoms with Gasteiger partial charge in [-0.2, -0.15) is 0 Å². The van der Waals surface area contributed by atoms with Crippen molar-refractivity contribution in [3.63, 3.8) is 0 Å². The van der Waals surface area contributed by atoms with Crippen molar-refractivity contribution in [3.8, 4) is 0 Å². The van der Waals surface area contributed by atoms with Gasteiger partial charge in [-0.15, -0.1) is 0 Å². The Balaban J connectivity index is 1.75. The number of carboxylic acids is 1. The number of rotatable bonds is 5. The van der Waals surface area contributed by atoms with Gasteiger partial charge in [-0.1, -0.05) is 18.6 Å². The molecule has 3 N–H and O–H groups in total. The molecule has 1 aliphatic rings. The first-order valence-corrected chi connectivity index (χ1v) is 6.51. The second-order valence-corrected chi connectivity index (χ2v) is 5.10. The van der Waals surface area contributed by atoms with Crippen molar-refractivity contribution in [2.24, 2.45) is 5.41 Å². The summed E-state index contributed by atoms with van der Waals surface area (Å²) in [5.41, 5.74) is -0.0223. The van der Waals surface area contributed by atoms with Gasteiger partial charge in [0.15, 0.2) is 0 Å². The summed E-state index contributed by atoms with van der Waals surface area (Å²) in [4.78, 5) is 22.7. The number of carboxylic acid groups (broad SMARTS) is 1. The van der Waals surface area contributed by atoms with Gasteiger partial charge in [0.05, 0.1) is 5.41 Å². The maximum absolute atomic E-state index is 12.7. The number of amides is 2. The van der Waals surface area contributed by atoms with Gasteiger partial charge in [-0.05, 0) is 30.5 Å². The van der Waals surface area contributed by atoms with Crippen molar-refractivity contribution in [3.05, 3.63) is 35.6 Å². The summed E-state index contributed by atoms with van der Waals surface area (Å²) in [6.07, 6.45) is 2.08. The lowest BCUT2D eigenvalue weighted by atomic mass is 9.69. The van der Waals surface area contributed by atoms with Gasteiger partial charge >= 0.3 is 12.0 Å². The summed E-state index contributed by atoms with van der Waals surface area (Å²) in [6, 6.07) is 5.40. The number of hydrogen-bond acceptors (Lipinski definition) is 2. The summed E-state index contributed by atoms with van der Waals surface area (Å²) in [6.45, 7) is 0.407. The highest BCUT2D eigenvalue weighted by molar-refractivity contribution is 5.78. The molecular weight excluding hydrogens is 263 g/mol. The molecule has 0 saturated heterocycles. The molecule has 0 aromatic heterocycles. The van der Waals surface area contributed by atoms with Gasteiger partial charge in [-0.3, -0.25) is 4.79 Å². The molecule has 0 heterocycles. The molecule has 0 radical (unpaired) electrons. The Morgan fingerprint density at radius 2 is 1.85 bits per heavy atom. The smallest absolute Gasteiger partial charge is 0.315 e. The quantitative estimate of drug-likeness (QED) is 0.770. The molecule has 5 nitrogen and oxygen atoms in total. The monoisotopic (exact) mass is 280 g/mol. The Morgan fingerprint density at radius 3 is 2.35 bits per heavy atom. The van der Waals surface area contributed by atoms with E-state index in [-0.39, 0.29) is 18.9 Å². The van der Waals surface area contributed by atoms with Crippen molar-refractivity contribution in [2.75, 3.05) is 6.54 Å². The normalized spacial score (nSPS) is 16.1. The summed E-state index contributed by atoms with van der Waals surface area (Å²) < 4.78 is 12.7. The number of carbonyl (C=O) groups excluding carboxylic acids is 1. The van der Waals surface area contributed by atoms with Crippen LogP contribution in [0, 0.1) is 11.2 Å². The summed E-state index contributed by atoms with van der Waals surface area (Å²) in [5.74, 6) is -1.19. The van der Waals surface area contributed by atoms with E-state index >= 15 is 0 Å². The minimum absolute atomic E-state index is 0.136. The average Bonchev–Trinajstić information content (AvgIpc) is 2.36. The van der Waals surface area contributed by atoms with Crippen LogP contribution in [0.1, 0.15) is 24.8 Å². The predicted octanol–water partition coefficient (Wildman–Crippen LogP) is 1.88. The fourth-order valence-electron chi connectivity index (χ4n) is 2.17. The van der Waals surface area contributed by atoms with E-state index in [9.17, 15) is 14.0 Å². The molecule has 2 rings (SSSR count). The summed E-state index contributed by atoms with van der Waals surface area (Å²) in [5, 5.41) is 14.3. The Bertz CT molecular complexity index is 498. The van der Waals surface area contributed by atoms with Gasteiger partial charge < -0.3 is 15.7 Å². The largest absolute Gasteiger partial charge is 0.481 e. The molecule has 0 unspecified atom stereocenters. The molecule has 6 heteroatoms. The first-order valence-electron chi connectivity index (χ1n) is 6.51. The van der Waals surface area contributed by atoms with Gasteiger partial charge in [0.2, 0.25) is 0 Å². The zero-order valence-corrected chi connectivity index (χ0v) is 11.0. The van der Waals surface area contributed by atoms with Gasteiger partial charge in [-0.25, -0.2) is 9.18 Å². The lowest BCUT2D eigenvalue weighted by Gasteiger charge is -2.37. The van der Waals surface area contributed by atoms with Gasteiger partial charge in [0, 0.05) is 13.1 Å². The van der Waals surface area contributed by atoms with Crippen molar-refractivity contribution in [1.82, 2.24) is 10.6 Å². The zero-order chi connectivity index (χ0) is 14.6. The predicted molar refractivity (Wildman–Crippen MR) is 70.6 cm³/mol. The molecule has 1 aromatic rings. The van der Waals surface area contributed by atoms with E-state index in [4.69, 9.17) is 5.11 Å². The summed E-state index contributed by atoms with van der Waals surface area (Å²) >= 11 is 0. The second-order valence-electron chi connectivity index (χ2n) is 5.10. The van der Waals surface area contributed by atoms with E-state index in [0.29, 0.717) is 12.8 Å². The highest BCUT2D eigenvalue weighted by Crippen LogP contribution is 2.40. The Morgan fingerprint density at radius 1 is 1.20 bits per heavy atom. The van der Waals surface area contributed by atoms with Crippen LogP contribution in [-0.4, -0.2) is 23.7 Å². The molecule has 20 heavy (non-hydrogen) atoms. The van der Waals surface area contributed by atoms with E-state index < -0.39 is 17.4 Å². The molecule has 1 saturated carbocycles. The van der Waals surface area contributed by atoms with Crippen LogP contribution in [0.3, 0.4) is 0 Å². The SMILES string of the molecule is O=C(NCc1ccc(F)cc1)NCC1(C(=O)O)CCC1. The zero-order valence-electron chi connectivity index (χ0n) is 11.0. The Labute approximate surface area is 116 Å². The third-order valence-electron chi connectivity index (χ3n) is 3.72. The number of nitrogens with one attached hydrogen (secondary N) is 2. The number of halogens is 1. The highest BCUT2D eigenvalue weighted by atomic mass is 19.1. The number of hydrogen-bond donors (Lipinski definition) is 3. The second kappa shape index (κ2) is 5.90. The molecule has 0 bridgehead atoms. The molecule has 1 aromatic carbocycles. The standard InChI is InChI=1S/C14H17FN2O3/c15-11-4-2-10(3-5-11)8-16-13(20)17-9-14(12(18)19)6-1-7-14/h2-5H,1,6-9H2,(H,18,19)(H2,16,17,20). The van der Waals surface area contributed by atoms with E-state index in [2.05, 4.69) is 10.6 Å². The molecule has 2 amide bonds. The minimum atomic E-state index is -0.859. The average molecular weight is 280 g/mol. The van der Waals surface area contributed by atoms with Crippen LogP contribution in [0.25, 0.3) is 0 Å². The lowest BCUT2D eigenvalue weighted by molar-refractivity contribution is -0.153. The van der Waals surface area contributed by atoms with Crippen LogP contribution in [0.4, 0.5) is 9.18 Å². The molecule has 108 valence electrons. The Kier molecular flexibility index (Phi) is 4.22. The van der Waals surface area contributed by atoms with Crippen LogP contribution in [0.2, 0.25) is 0 Å². The number of aliphatic carboxylic acids is 1. The van der Waals surface area contributed by atoms with Crippen LogP contribution in [0.15, 0.2) is 24.3 Å². The lowest BCUT2D eigenvalue weighted by Crippen LogP contribution is -2.49. The molecule has 1 fully saturated rings. The number of urea groups is 1. The Hall–Kier alpha value is -2.11. The van der Waals surface area contributed by atoms with Crippen LogP contribution < -0.4 is 10.6 Å². The van der Waals surface area contributed by atoms with Crippen LogP contribution >= 0.6 is 0 Å². The number of benzene rings is 1. The summed E-state index contributed by atoms with van der Waals surface area (Å²) in [7, 11) is 0. The van der Waals surface area contributed by atoms with E-state index in [1.54, 1.807) is 12.1 Å². The first-order chi connectivity index (χ1) is 9.52. The highest BCUT2D eigenvalue weighted by Gasteiger charge is 2.44. The third-order valence-corrected chi connectivity index (χ3v) is 3.72. The maximum atomic E-state index is 12.7. The molecular formula is C14H17FN2O3. The van der Waals surface area contributed by atoms with Gasteiger partial charge in [0.25, 0.3) is 0 Å². The van der Waals surface area contributed by atoms with Crippen molar-refractivity contribution in [2.45, 2.75) is 25.8 Å². The van der Waals surface area contributed by atoms with Crippen molar-refractivity contribution >= 4 is 12.0 Å². The number of carbonyl (C=O) groups is 2. The molecule has 0 atom stereocenters. The molecule has 1 aliphatic carbocycles. The van der Waals surface area contributed by atoms with E-state index in [1.807, 2.05) is 0 Å². The minimum Gasteiger partial charge on any atom is -0.481 e. The van der Waals surface area contributed by atoms with Crippen LogP contribution in [0.5, 0.6) is 0 Å². The molecule has 0 spiro atoms. The van der Waals surface area contributed by atoms with E-state index in [1.165, 1.54) is 12.1 Å². The molecule has 0 aliphatic heterocycles. The van der Waals surface area contributed by atoms with Crippen molar-refractivity contribution < 1.29 is 19.1 Å². The third kappa shape index (κ3) is 3.26. The van der Waals surface area contributed by atoms with Crippen LogP contribution in [-0.2, 0) is 11.3 Å². The van der Waals surface area contributed by atoms with E-state index in [0.717, 1.165) is 12.0 Å². The van der Waals surface area contributed by atoms with Crippen molar-refractivity contribution in [1.29, 1.82) is 0 Å². The topological polar surface area (TPSA) is 78.4 Å². The first kappa shape index (κ1) is 14.3. The fraction of sp³-hybridized carbons (Fsp3) is 0.429.